The van der Waals surface area contributed by atoms with Crippen molar-refractivity contribution in [3.8, 4) is 0 Å². The lowest BCUT2D eigenvalue weighted by Gasteiger charge is -2.35. The average Bonchev–Trinajstić information content (AvgIpc) is 2.39. The highest BCUT2D eigenvalue weighted by Crippen LogP contribution is 2.15. The van der Waals surface area contributed by atoms with Crippen LogP contribution in [0.15, 0.2) is 0 Å². The third kappa shape index (κ3) is 4.04. The fourth-order valence-corrected chi connectivity index (χ4v) is 2.89. The van der Waals surface area contributed by atoms with Crippen LogP contribution in [-0.2, 0) is 0 Å². The summed E-state index contributed by atoms with van der Waals surface area (Å²) in [7, 11) is 4.31. The highest BCUT2D eigenvalue weighted by Gasteiger charge is 2.25. The van der Waals surface area contributed by atoms with Crippen LogP contribution in [0.3, 0.4) is 0 Å². The SMILES string of the molecule is CCCC(CNC)N1CCCN(C)CC1C. The van der Waals surface area contributed by atoms with E-state index in [0.29, 0.717) is 6.04 Å². The van der Waals surface area contributed by atoms with Crippen molar-refractivity contribution < 1.29 is 0 Å². The van der Waals surface area contributed by atoms with Gasteiger partial charge in [-0.25, -0.2) is 0 Å². The maximum absolute atomic E-state index is 3.35. The summed E-state index contributed by atoms with van der Waals surface area (Å²) in [4.78, 5) is 5.18. The first-order chi connectivity index (χ1) is 7.69. The lowest BCUT2D eigenvalue weighted by molar-refractivity contribution is 0.134. The Morgan fingerprint density at radius 1 is 1.38 bits per heavy atom. The van der Waals surface area contributed by atoms with Gasteiger partial charge in [-0.15, -0.1) is 0 Å². The van der Waals surface area contributed by atoms with Gasteiger partial charge >= 0.3 is 0 Å². The standard InChI is InChI=1S/C13H29N3/c1-5-7-13(10-14-3)16-9-6-8-15(4)11-12(16)2/h12-14H,5-11H2,1-4H3. The van der Waals surface area contributed by atoms with Crippen LogP contribution in [0.1, 0.15) is 33.1 Å². The number of rotatable bonds is 5. The molecule has 1 rings (SSSR count). The van der Waals surface area contributed by atoms with Crippen LogP contribution in [0.2, 0.25) is 0 Å². The molecule has 1 N–H and O–H groups in total. The summed E-state index contributed by atoms with van der Waals surface area (Å²) < 4.78 is 0. The Morgan fingerprint density at radius 3 is 2.75 bits per heavy atom. The summed E-state index contributed by atoms with van der Waals surface area (Å²) in [6, 6.07) is 1.41. The van der Waals surface area contributed by atoms with Crippen molar-refractivity contribution in [2.45, 2.75) is 45.2 Å². The largest absolute Gasteiger partial charge is 0.318 e. The van der Waals surface area contributed by atoms with E-state index >= 15 is 0 Å². The van der Waals surface area contributed by atoms with Crippen molar-refractivity contribution in [1.29, 1.82) is 0 Å². The van der Waals surface area contributed by atoms with Crippen molar-refractivity contribution in [2.24, 2.45) is 0 Å². The molecule has 0 aliphatic carbocycles. The van der Waals surface area contributed by atoms with Crippen LogP contribution in [0.4, 0.5) is 0 Å². The summed E-state index contributed by atoms with van der Waals surface area (Å²) in [6.07, 6.45) is 3.91. The van der Waals surface area contributed by atoms with E-state index in [1.165, 1.54) is 38.9 Å². The predicted octanol–water partition coefficient (Wildman–Crippen LogP) is 1.40. The summed E-state index contributed by atoms with van der Waals surface area (Å²) in [6.45, 7) is 9.51. The number of likely N-dealkylation sites (N-methyl/N-ethyl adjacent to an activating group) is 2. The first-order valence-corrected chi connectivity index (χ1v) is 6.78. The van der Waals surface area contributed by atoms with Gasteiger partial charge in [0.15, 0.2) is 0 Å². The maximum atomic E-state index is 3.35. The molecule has 0 aromatic carbocycles. The number of hydrogen-bond acceptors (Lipinski definition) is 3. The Morgan fingerprint density at radius 2 is 2.12 bits per heavy atom. The summed E-state index contributed by atoms with van der Waals surface area (Å²) in [5, 5.41) is 3.35. The molecule has 0 spiro atoms. The summed E-state index contributed by atoms with van der Waals surface area (Å²) >= 11 is 0. The maximum Gasteiger partial charge on any atom is 0.0223 e. The molecule has 1 fully saturated rings. The molecule has 3 heteroatoms. The number of hydrogen-bond donors (Lipinski definition) is 1. The van der Waals surface area contributed by atoms with Crippen LogP contribution >= 0.6 is 0 Å². The molecule has 2 unspecified atom stereocenters. The van der Waals surface area contributed by atoms with E-state index in [4.69, 9.17) is 0 Å². The fourth-order valence-electron chi connectivity index (χ4n) is 2.89. The zero-order chi connectivity index (χ0) is 12.0. The molecule has 0 aromatic heterocycles. The quantitative estimate of drug-likeness (QED) is 0.766. The molecule has 2 atom stereocenters. The second kappa shape index (κ2) is 7.25. The minimum atomic E-state index is 0.692. The van der Waals surface area contributed by atoms with Gasteiger partial charge in [0.05, 0.1) is 0 Å². The molecule has 1 aliphatic rings. The lowest BCUT2D eigenvalue weighted by atomic mass is 10.1. The summed E-state index contributed by atoms with van der Waals surface area (Å²) in [5.74, 6) is 0. The fraction of sp³-hybridized carbons (Fsp3) is 1.00. The molecule has 1 aliphatic heterocycles. The lowest BCUT2D eigenvalue weighted by Crippen LogP contribution is -2.48. The van der Waals surface area contributed by atoms with E-state index < -0.39 is 0 Å². The van der Waals surface area contributed by atoms with Crippen molar-refractivity contribution in [3.63, 3.8) is 0 Å². The molecule has 96 valence electrons. The van der Waals surface area contributed by atoms with Gasteiger partial charge in [0, 0.05) is 31.7 Å². The van der Waals surface area contributed by atoms with Gasteiger partial charge in [0.2, 0.25) is 0 Å². The topological polar surface area (TPSA) is 18.5 Å². The molecule has 0 bridgehead atoms. The highest BCUT2D eigenvalue weighted by atomic mass is 15.3. The average molecular weight is 227 g/mol. The first kappa shape index (κ1) is 13.9. The van der Waals surface area contributed by atoms with E-state index in [0.717, 1.165) is 12.6 Å². The van der Waals surface area contributed by atoms with Crippen molar-refractivity contribution in [3.05, 3.63) is 0 Å². The minimum absolute atomic E-state index is 0.692. The number of nitrogens with one attached hydrogen (secondary N) is 1. The predicted molar refractivity (Wildman–Crippen MR) is 70.9 cm³/mol. The monoisotopic (exact) mass is 227 g/mol. The molecule has 0 radical (unpaired) electrons. The molecular weight excluding hydrogens is 198 g/mol. The zero-order valence-corrected chi connectivity index (χ0v) is 11.5. The minimum Gasteiger partial charge on any atom is -0.318 e. The van der Waals surface area contributed by atoms with Gasteiger partial charge in [0.1, 0.15) is 0 Å². The van der Waals surface area contributed by atoms with E-state index in [1.807, 2.05) is 0 Å². The van der Waals surface area contributed by atoms with Crippen LogP contribution in [0.25, 0.3) is 0 Å². The van der Waals surface area contributed by atoms with Crippen LogP contribution in [-0.4, -0.2) is 62.2 Å². The Kier molecular flexibility index (Phi) is 6.32. The van der Waals surface area contributed by atoms with Crippen LogP contribution in [0.5, 0.6) is 0 Å². The molecule has 1 heterocycles. The van der Waals surface area contributed by atoms with E-state index in [1.54, 1.807) is 0 Å². The Bertz CT molecular complexity index is 178. The third-order valence-corrected chi connectivity index (χ3v) is 3.63. The highest BCUT2D eigenvalue weighted by molar-refractivity contribution is 4.82. The van der Waals surface area contributed by atoms with Gasteiger partial charge < -0.3 is 10.2 Å². The van der Waals surface area contributed by atoms with Crippen molar-refractivity contribution in [1.82, 2.24) is 15.1 Å². The Balaban J connectivity index is 2.58. The molecule has 0 aromatic rings. The Labute approximate surface area is 101 Å². The second-order valence-electron chi connectivity index (χ2n) is 5.20. The van der Waals surface area contributed by atoms with Gasteiger partial charge in [-0.2, -0.15) is 0 Å². The van der Waals surface area contributed by atoms with Gasteiger partial charge in [0.25, 0.3) is 0 Å². The molecule has 3 nitrogen and oxygen atoms in total. The molecule has 16 heavy (non-hydrogen) atoms. The van der Waals surface area contributed by atoms with Crippen molar-refractivity contribution in [2.75, 3.05) is 40.3 Å². The second-order valence-corrected chi connectivity index (χ2v) is 5.20. The van der Waals surface area contributed by atoms with Gasteiger partial charge in [-0.3, -0.25) is 4.90 Å². The molecule has 1 saturated heterocycles. The smallest absolute Gasteiger partial charge is 0.0223 e. The zero-order valence-electron chi connectivity index (χ0n) is 11.5. The van der Waals surface area contributed by atoms with Gasteiger partial charge in [-0.05, 0) is 40.4 Å². The molecule has 0 saturated carbocycles. The molecule has 0 amide bonds. The van der Waals surface area contributed by atoms with E-state index in [-0.39, 0.29) is 0 Å². The van der Waals surface area contributed by atoms with Crippen molar-refractivity contribution >= 4 is 0 Å². The normalized spacial score (nSPS) is 26.6. The van der Waals surface area contributed by atoms with Crippen LogP contribution in [0, 0.1) is 0 Å². The van der Waals surface area contributed by atoms with Gasteiger partial charge in [-0.1, -0.05) is 13.3 Å². The van der Waals surface area contributed by atoms with E-state index in [9.17, 15) is 0 Å². The summed E-state index contributed by atoms with van der Waals surface area (Å²) in [5.41, 5.74) is 0. The van der Waals surface area contributed by atoms with E-state index in [2.05, 4.69) is 43.1 Å². The molecular formula is C13H29N3. The Hall–Kier alpha value is -0.120. The number of nitrogens with zero attached hydrogens (tertiary/aromatic N) is 2. The van der Waals surface area contributed by atoms with Crippen LogP contribution < -0.4 is 5.32 Å². The first-order valence-electron chi connectivity index (χ1n) is 6.78. The third-order valence-electron chi connectivity index (χ3n) is 3.63.